The van der Waals surface area contributed by atoms with Crippen LogP contribution in [-0.2, 0) is 11.8 Å². The molecule has 0 spiro atoms. The highest BCUT2D eigenvalue weighted by atomic mass is 19.1. The van der Waals surface area contributed by atoms with Crippen LogP contribution in [0.2, 0.25) is 0 Å². The van der Waals surface area contributed by atoms with E-state index in [2.05, 4.69) is 23.1 Å². The summed E-state index contributed by atoms with van der Waals surface area (Å²) < 4.78 is 15.6. The number of allylic oxidation sites excluding steroid dienone is 2. The molecule has 1 saturated carbocycles. The molecule has 4 nitrogen and oxygen atoms in total. The molecule has 2 aliphatic carbocycles. The van der Waals surface area contributed by atoms with E-state index in [9.17, 15) is 9.18 Å². The Morgan fingerprint density at radius 1 is 1.17 bits per heavy atom. The molecule has 1 fully saturated rings. The van der Waals surface area contributed by atoms with Gasteiger partial charge in [0.05, 0.1) is 5.69 Å². The smallest absolute Gasteiger partial charge is 0.270 e. The van der Waals surface area contributed by atoms with E-state index >= 15 is 0 Å². The number of nitrogens with zero attached hydrogens (tertiary/aromatic N) is 2. The van der Waals surface area contributed by atoms with Gasteiger partial charge in [-0.15, -0.1) is 5.10 Å². The minimum atomic E-state index is -0.605. The van der Waals surface area contributed by atoms with Crippen molar-refractivity contribution >= 4 is 17.8 Å². The Balaban J connectivity index is 1.70. The first kappa shape index (κ1) is 18.6. The summed E-state index contributed by atoms with van der Waals surface area (Å²) in [6, 6.07) is 17.1. The molecule has 5 rings (SSSR count). The fourth-order valence-electron chi connectivity index (χ4n) is 4.22. The van der Waals surface area contributed by atoms with Gasteiger partial charge in [0.2, 0.25) is 0 Å². The van der Waals surface area contributed by atoms with Crippen LogP contribution in [-0.4, -0.2) is 21.7 Å². The van der Waals surface area contributed by atoms with E-state index in [1.165, 1.54) is 16.8 Å². The third kappa shape index (κ3) is 3.07. The summed E-state index contributed by atoms with van der Waals surface area (Å²) in [4.78, 5) is 12.6. The number of carbonyl (C=O) groups is 1. The van der Waals surface area contributed by atoms with E-state index in [0.717, 1.165) is 41.0 Å². The minimum Gasteiger partial charge on any atom is -0.365 e. The zero-order valence-corrected chi connectivity index (χ0v) is 16.5. The van der Waals surface area contributed by atoms with Crippen LogP contribution in [0.4, 0.5) is 10.2 Å². The molecule has 1 atom stereocenters. The number of rotatable bonds is 5. The van der Waals surface area contributed by atoms with Crippen LogP contribution < -0.4 is 5.32 Å². The van der Waals surface area contributed by atoms with Crippen molar-refractivity contribution in [3.05, 3.63) is 102 Å². The Morgan fingerprint density at radius 3 is 2.63 bits per heavy atom. The molecule has 0 radical (unpaired) electrons. The standard InChI is InChI=1S/C25H22FN3O/c1-2-23(30)29-22-16-25(17-7-4-3-5-8-17,18-9-6-10-19(26)15-18)14-13-21(22)24(28-29)27-20-11-12-20/h2-10,13-15,20H,1,11-12,16H2,(H,27,28). The first-order valence-electron chi connectivity index (χ1n) is 10.2. The van der Waals surface area contributed by atoms with E-state index in [0.29, 0.717) is 12.5 Å². The van der Waals surface area contributed by atoms with Gasteiger partial charge in [-0.05, 0) is 42.2 Å². The predicted molar refractivity (Wildman–Crippen MR) is 116 cm³/mol. The molecular weight excluding hydrogens is 377 g/mol. The van der Waals surface area contributed by atoms with Crippen molar-refractivity contribution < 1.29 is 9.18 Å². The number of nitrogens with one attached hydrogen (secondary N) is 1. The SMILES string of the molecule is C=CC(=O)n1nc(NC2CC2)c2c1CC(c1ccccc1)(c1cccc(F)c1)C=C2. The van der Waals surface area contributed by atoms with Crippen molar-refractivity contribution in [3.8, 4) is 0 Å². The molecule has 2 aliphatic rings. The molecular formula is C25H22FN3O. The third-order valence-corrected chi connectivity index (χ3v) is 5.93. The summed E-state index contributed by atoms with van der Waals surface area (Å²) in [6.45, 7) is 3.63. The molecule has 5 heteroatoms. The molecule has 2 aromatic carbocycles. The van der Waals surface area contributed by atoms with E-state index in [4.69, 9.17) is 0 Å². The molecule has 1 aromatic heterocycles. The van der Waals surface area contributed by atoms with Gasteiger partial charge >= 0.3 is 0 Å². The quantitative estimate of drug-likeness (QED) is 0.616. The van der Waals surface area contributed by atoms with Gasteiger partial charge in [-0.25, -0.2) is 4.39 Å². The first-order valence-corrected chi connectivity index (χ1v) is 10.2. The van der Waals surface area contributed by atoms with Crippen molar-refractivity contribution in [2.75, 3.05) is 5.32 Å². The number of anilines is 1. The summed E-state index contributed by atoms with van der Waals surface area (Å²) in [5.41, 5.74) is 2.99. The highest BCUT2D eigenvalue weighted by molar-refractivity contribution is 5.91. The third-order valence-electron chi connectivity index (χ3n) is 5.93. The molecule has 0 aliphatic heterocycles. The number of hydrogen-bond donors (Lipinski definition) is 1. The maximum Gasteiger partial charge on any atom is 0.270 e. The Kier molecular flexibility index (Phi) is 4.39. The molecule has 1 N–H and O–H groups in total. The van der Waals surface area contributed by atoms with Gasteiger partial charge in [-0.1, -0.05) is 61.2 Å². The number of fused-ring (bicyclic) bond motifs is 1. The van der Waals surface area contributed by atoms with Crippen LogP contribution in [0.1, 0.15) is 40.0 Å². The molecule has 1 unspecified atom stereocenters. The lowest BCUT2D eigenvalue weighted by Crippen LogP contribution is -2.32. The second-order valence-corrected chi connectivity index (χ2v) is 7.94. The number of benzene rings is 2. The topological polar surface area (TPSA) is 46.9 Å². The van der Waals surface area contributed by atoms with Crippen molar-refractivity contribution in [1.82, 2.24) is 9.78 Å². The predicted octanol–water partition coefficient (Wildman–Crippen LogP) is 4.98. The second-order valence-electron chi connectivity index (χ2n) is 7.94. The molecule has 3 aromatic rings. The first-order chi connectivity index (χ1) is 14.6. The highest BCUT2D eigenvalue weighted by Crippen LogP contribution is 2.43. The van der Waals surface area contributed by atoms with Gasteiger partial charge in [0, 0.05) is 23.4 Å². The monoisotopic (exact) mass is 399 g/mol. The van der Waals surface area contributed by atoms with Gasteiger partial charge in [0.1, 0.15) is 5.82 Å². The number of halogens is 1. The van der Waals surface area contributed by atoms with Gasteiger partial charge in [-0.2, -0.15) is 4.68 Å². The fourth-order valence-corrected chi connectivity index (χ4v) is 4.22. The van der Waals surface area contributed by atoms with Gasteiger partial charge < -0.3 is 5.32 Å². The van der Waals surface area contributed by atoms with E-state index in [-0.39, 0.29) is 11.7 Å². The Hall–Kier alpha value is -3.47. The number of hydrogen-bond acceptors (Lipinski definition) is 3. The fraction of sp³-hybridized carbons (Fsp3) is 0.200. The maximum atomic E-state index is 14.2. The van der Waals surface area contributed by atoms with Crippen LogP contribution in [0, 0.1) is 5.82 Å². The summed E-state index contributed by atoms with van der Waals surface area (Å²) in [6.07, 6.45) is 8.11. The Labute approximate surface area is 174 Å². The molecule has 150 valence electrons. The van der Waals surface area contributed by atoms with Crippen LogP contribution in [0.15, 0.2) is 73.3 Å². The summed E-state index contributed by atoms with van der Waals surface area (Å²) >= 11 is 0. The largest absolute Gasteiger partial charge is 0.365 e. The average Bonchev–Trinajstić information content (AvgIpc) is 3.53. The van der Waals surface area contributed by atoms with Crippen LogP contribution in [0.3, 0.4) is 0 Å². The zero-order chi connectivity index (χ0) is 20.7. The van der Waals surface area contributed by atoms with Gasteiger partial charge in [0.15, 0.2) is 5.82 Å². The van der Waals surface area contributed by atoms with Crippen LogP contribution >= 0.6 is 0 Å². The van der Waals surface area contributed by atoms with E-state index in [1.54, 1.807) is 12.1 Å². The average molecular weight is 399 g/mol. The van der Waals surface area contributed by atoms with E-state index in [1.807, 2.05) is 42.5 Å². The van der Waals surface area contributed by atoms with Crippen molar-refractivity contribution in [2.45, 2.75) is 30.7 Å². The minimum absolute atomic E-state index is 0.272. The van der Waals surface area contributed by atoms with Crippen LogP contribution in [0.5, 0.6) is 0 Å². The van der Waals surface area contributed by atoms with Crippen molar-refractivity contribution in [2.24, 2.45) is 0 Å². The zero-order valence-electron chi connectivity index (χ0n) is 16.5. The summed E-state index contributed by atoms with van der Waals surface area (Å²) in [5, 5.41) is 8.00. The summed E-state index contributed by atoms with van der Waals surface area (Å²) in [7, 11) is 0. The highest BCUT2D eigenvalue weighted by Gasteiger charge is 2.39. The summed E-state index contributed by atoms with van der Waals surface area (Å²) in [5.74, 6) is 0.167. The lowest BCUT2D eigenvalue weighted by atomic mass is 9.68. The molecule has 30 heavy (non-hydrogen) atoms. The van der Waals surface area contributed by atoms with Crippen molar-refractivity contribution in [1.29, 1.82) is 0 Å². The van der Waals surface area contributed by atoms with Gasteiger partial charge in [-0.3, -0.25) is 4.79 Å². The normalized spacial score (nSPS) is 19.9. The molecule has 1 heterocycles. The Morgan fingerprint density at radius 2 is 1.93 bits per heavy atom. The van der Waals surface area contributed by atoms with Crippen LogP contribution in [0.25, 0.3) is 6.08 Å². The molecule has 0 saturated heterocycles. The lowest BCUT2D eigenvalue weighted by molar-refractivity contribution is 0.0950. The lowest BCUT2D eigenvalue weighted by Gasteiger charge is -2.35. The molecule has 0 bridgehead atoms. The number of aromatic nitrogens is 2. The van der Waals surface area contributed by atoms with E-state index < -0.39 is 5.41 Å². The van der Waals surface area contributed by atoms with Crippen molar-refractivity contribution in [3.63, 3.8) is 0 Å². The number of carbonyl (C=O) groups excluding carboxylic acids is 1. The van der Waals surface area contributed by atoms with Gasteiger partial charge in [0.25, 0.3) is 5.91 Å². The Bertz CT molecular complexity index is 1160. The molecule has 0 amide bonds. The second kappa shape index (κ2) is 7.10. The maximum absolute atomic E-state index is 14.2.